The minimum absolute atomic E-state index is 0.0493. The maximum Gasteiger partial charge on any atom is 0.222 e. The Bertz CT molecular complexity index is 580. The van der Waals surface area contributed by atoms with Gasteiger partial charge in [-0.05, 0) is 25.2 Å². The third-order valence-corrected chi connectivity index (χ3v) is 4.94. The number of allylic oxidation sites excluding steroid dienone is 2. The molecule has 24 heavy (non-hydrogen) atoms. The topological polar surface area (TPSA) is 49.3 Å². The summed E-state index contributed by atoms with van der Waals surface area (Å²) >= 11 is 0. The van der Waals surface area contributed by atoms with E-state index in [0.29, 0.717) is 38.4 Å². The second kappa shape index (κ2) is 7.83. The van der Waals surface area contributed by atoms with Crippen LogP contribution in [0.2, 0.25) is 0 Å². The van der Waals surface area contributed by atoms with Gasteiger partial charge >= 0.3 is 0 Å². The van der Waals surface area contributed by atoms with Gasteiger partial charge in [0.15, 0.2) is 0 Å². The fourth-order valence-electron chi connectivity index (χ4n) is 3.62. The number of hydrogen-bond donors (Lipinski definition) is 0. The molecule has 130 valence electrons. The number of carbonyl (C=O) groups excluding carboxylic acids is 1. The van der Waals surface area contributed by atoms with Gasteiger partial charge in [-0.25, -0.2) is 14.4 Å². The molecule has 1 saturated heterocycles. The first-order chi connectivity index (χ1) is 11.6. The van der Waals surface area contributed by atoms with Gasteiger partial charge < -0.3 is 4.90 Å². The fourth-order valence-corrected chi connectivity index (χ4v) is 3.62. The standard InChI is InChI=1S/C18H25FN4O/c1-22(18(24)6-14-4-2-3-5-14)12-17-7-16(19)11-23(17)10-15-8-20-13-21-9-15/h2,4,8-9,13-14,16-17H,3,5-7,10-12H2,1H3/t14-,16-,17-/m0/s1. The number of carbonyl (C=O) groups is 1. The van der Waals surface area contributed by atoms with Crippen LogP contribution in [0.1, 0.15) is 31.2 Å². The van der Waals surface area contributed by atoms with Gasteiger partial charge in [0, 0.05) is 57.1 Å². The van der Waals surface area contributed by atoms with E-state index in [1.807, 2.05) is 7.05 Å². The Labute approximate surface area is 142 Å². The van der Waals surface area contributed by atoms with Crippen LogP contribution < -0.4 is 0 Å². The molecule has 3 rings (SSSR count). The molecule has 2 aliphatic rings. The Hall–Kier alpha value is -1.82. The first-order valence-corrected chi connectivity index (χ1v) is 8.64. The van der Waals surface area contributed by atoms with Crippen LogP contribution in [0.15, 0.2) is 30.9 Å². The van der Waals surface area contributed by atoms with Gasteiger partial charge in [0.25, 0.3) is 0 Å². The first kappa shape index (κ1) is 17.0. The van der Waals surface area contributed by atoms with Crippen LogP contribution in [0.25, 0.3) is 0 Å². The molecule has 1 aromatic rings. The largest absolute Gasteiger partial charge is 0.344 e. The summed E-state index contributed by atoms with van der Waals surface area (Å²) in [5.74, 6) is 0.520. The molecule has 1 aliphatic carbocycles. The number of alkyl halides is 1. The van der Waals surface area contributed by atoms with Gasteiger partial charge in [-0.2, -0.15) is 0 Å². The third kappa shape index (κ3) is 4.38. The number of aromatic nitrogens is 2. The molecule has 0 unspecified atom stereocenters. The van der Waals surface area contributed by atoms with E-state index in [1.54, 1.807) is 17.3 Å². The summed E-state index contributed by atoms with van der Waals surface area (Å²) in [6, 6.07) is 0.0493. The van der Waals surface area contributed by atoms with Crippen LogP contribution in [0.4, 0.5) is 4.39 Å². The highest BCUT2D eigenvalue weighted by Crippen LogP contribution is 2.24. The van der Waals surface area contributed by atoms with E-state index >= 15 is 0 Å². The zero-order chi connectivity index (χ0) is 16.9. The molecule has 5 nitrogen and oxygen atoms in total. The highest BCUT2D eigenvalue weighted by molar-refractivity contribution is 5.76. The lowest BCUT2D eigenvalue weighted by molar-refractivity contribution is -0.131. The van der Waals surface area contributed by atoms with Crippen molar-refractivity contribution in [2.24, 2.45) is 5.92 Å². The third-order valence-electron chi connectivity index (χ3n) is 4.94. The average molecular weight is 332 g/mol. The van der Waals surface area contributed by atoms with Gasteiger partial charge in [0.1, 0.15) is 12.5 Å². The SMILES string of the molecule is CN(C[C@@H]1C[C@H](F)CN1Cc1cncnc1)C(=O)C[C@H]1C=CCC1. The summed E-state index contributed by atoms with van der Waals surface area (Å²) in [7, 11) is 1.83. The molecule has 6 heteroatoms. The second-order valence-electron chi connectivity index (χ2n) is 6.91. The monoisotopic (exact) mass is 332 g/mol. The molecule has 1 fully saturated rings. The van der Waals surface area contributed by atoms with Crippen molar-refractivity contribution in [3.05, 3.63) is 36.4 Å². The minimum atomic E-state index is -0.833. The quantitative estimate of drug-likeness (QED) is 0.750. The maximum absolute atomic E-state index is 13.9. The number of halogens is 1. The van der Waals surface area contributed by atoms with Gasteiger partial charge in [-0.15, -0.1) is 0 Å². The molecule has 1 aromatic heterocycles. The molecular weight excluding hydrogens is 307 g/mol. The smallest absolute Gasteiger partial charge is 0.222 e. The lowest BCUT2D eigenvalue weighted by atomic mass is 10.0. The Balaban J connectivity index is 1.55. The molecule has 0 radical (unpaired) electrons. The summed E-state index contributed by atoms with van der Waals surface area (Å²) in [6.45, 7) is 1.61. The number of rotatable bonds is 6. The molecule has 0 spiro atoms. The van der Waals surface area contributed by atoms with Crippen LogP contribution in [-0.2, 0) is 11.3 Å². The van der Waals surface area contributed by atoms with E-state index in [2.05, 4.69) is 27.0 Å². The zero-order valence-electron chi connectivity index (χ0n) is 14.1. The molecule has 1 aliphatic heterocycles. The van der Waals surface area contributed by atoms with Crippen molar-refractivity contribution in [2.45, 2.75) is 44.4 Å². The van der Waals surface area contributed by atoms with Crippen molar-refractivity contribution >= 4 is 5.91 Å². The van der Waals surface area contributed by atoms with E-state index < -0.39 is 6.17 Å². The Morgan fingerprint density at radius 3 is 2.92 bits per heavy atom. The maximum atomic E-state index is 13.9. The van der Waals surface area contributed by atoms with E-state index in [0.717, 1.165) is 18.4 Å². The molecule has 1 amide bonds. The van der Waals surface area contributed by atoms with Crippen LogP contribution in [-0.4, -0.2) is 58.0 Å². The van der Waals surface area contributed by atoms with E-state index in [-0.39, 0.29) is 11.9 Å². The minimum Gasteiger partial charge on any atom is -0.344 e. The van der Waals surface area contributed by atoms with Crippen molar-refractivity contribution < 1.29 is 9.18 Å². The fraction of sp³-hybridized carbons (Fsp3) is 0.611. The van der Waals surface area contributed by atoms with Gasteiger partial charge in [-0.1, -0.05) is 12.2 Å². The van der Waals surface area contributed by atoms with Gasteiger partial charge in [0.05, 0.1) is 0 Å². The highest BCUT2D eigenvalue weighted by atomic mass is 19.1. The van der Waals surface area contributed by atoms with Crippen LogP contribution in [0, 0.1) is 5.92 Å². The Kier molecular flexibility index (Phi) is 5.56. The summed E-state index contributed by atoms with van der Waals surface area (Å²) < 4.78 is 13.9. The number of likely N-dealkylation sites (N-methyl/N-ethyl adjacent to an activating group) is 1. The summed E-state index contributed by atoms with van der Waals surface area (Å²) in [5.41, 5.74) is 0.974. The summed E-state index contributed by atoms with van der Waals surface area (Å²) in [4.78, 5) is 24.3. The lowest BCUT2D eigenvalue weighted by Gasteiger charge is -2.28. The summed E-state index contributed by atoms with van der Waals surface area (Å²) in [5, 5.41) is 0. The van der Waals surface area contributed by atoms with Crippen molar-refractivity contribution in [1.29, 1.82) is 0 Å². The Morgan fingerprint density at radius 2 is 2.21 bits per heavy atom. The van der Waals surface area contributed by atoms with Crippen LogP contribution in [0.3, 0.4) is 0 Å². The number of likely N-dealkylation sites (tertiary alicyclic amines) is 1. The predicted octanol–water partition coefficient (Wildman–Crippen LogP) is 2.20. The Morgan fingerprint density at radius 1 is 1.42 bits per heavy atom. The second-order valence-corrected chi connectivity index (χ2v) is 6.91. The molecule has 0 bridgehead atoms. The number of hydrogen-bond acceptors (Lipinski definition) is 4. The van der Waals surface area contributed by atoms with Gasteiger partial charge in [-0.3, -0.25) is 9.69 Å². The van der Waals surface area contributed by atoms with Gasteiger partial charge in [0.2, 0.25) is 5.91 Å². The number of amides is 1. The molecule has 0 saturated carbocycles. The van der Waals surface area contributed by atoms with E-state index in [9.17, 15) is 9.18 Å². The van der Waals surface area contributed by atoms with Crippen molar-refractivity contribution in [3.63, 3.8) is 0 Å². The van der Waals surface area contributed by atoms with E-state index in [1.165, 1.54) is 6.33 Å². The molecule has 0 N–H and O–H groups in total. The average Bonchev–Trinajstić information content (AvgIpc) is 3.18. The van der Waals surface area contributed by atoms with Crippen molar-refractivity contribution in [2.75, 3.05) is 20.1 Å². The van der Waals surface area contributed by atoms with Crippen molar-refractivity contribution in [3.8, 4) is 0 Å². The summed E-state index contributed by atoms with van der Waals surface area (Å²) in [6.07, 6.45) is 11.6. The highest BCUT2D eigenvalue weighted by Gasteiger charge is 2.33. The molecule has 0 aromatic carbocycles. The van der Waals surface area contributed by atoms with E-state index in [4.69, 9.17) is 0 Å². The van der Waals surface area contributed by atoms with Crippen molar-refractivity contribution in [1.82, 2.24) is 19.8 Å². The zero-order valence-corrected chi connectivity index (χ0v) is 14.1. The van der Waals surface area contributed by atoms with Crippen LogP contribution in [0.5, 0.6) is 0 Å². The molecule has 3 atom stereocenters. The first-order valence-electron chi connectivity index (χ1n) is 8.64. The van der Waals surface area contributed by atoms with Crippen LogP contribution >= 0.6 is 0 Å². The predicted molar refractivity (Wildman–Crippen MR) is 89.9 cm³/mol. The number of nitrogens with zero attached hydrogens (tertiary/aromatic N) is 4. The molecular formula is C18H25FN4O. The normalized spacial score (nSPS) is 26.8. The molecule has 2 heterocycles. The lowest BCUT2D eigenvalue weighted by Crippen LogP contribution is -2.41.